The number of rotatable bonds is 14. The van der Waals surface area contributed by atoms with Gasteiger partial charge < -0.3 is 0 Å². The monoisotopic (exact) mass is 546 g/mol. The summed E-state index contributed by atoms with van der Waals surface area (Å²) in [4.78, 5) is 0. The average molecular weight is 546 g/mol. The van der Waals surface area contributed by atoms with Crippen LogP contribution in [0, 0.1) is 0 Å². The van der Waals surface area contributed by atoms with Crippen LogP contribution in [0.4, 0.5) is 0 Å². The first-order valence-electron chi connectivity index (χ1n) is 12.1. The van der Waals surface area contributed by atoms with Crippen molar-refractivity contribution in [2.75, 3.05) is 13.2 Å². The van der Waals surface area contributed by atoms with Crippen molar-refractivity contribution in [2.24, 2.45) is 0 Å². The van der Waals surface area contributed by atoms with Crippen molar-refractivity contribution in [2.45, 2.75) is 124 Å². The Hall–Kier alpha value is 0.119. The van der Waals surface area contributed by atoms with Crippen LogP contribution in [-0.4, -0.2) is 124 Å². The van der Waals surface area contributed by atoms with Crippen molar-refractivity contribution in [3.8, 4) is 0 Å². The summed E-state index contributed by atoms with van der Waals surface area (Å²) < 4.78 is 16.7. The van der Waals surface area contributed by atoms with Crippen molar-refractivity contribution in [3.05, 3.63) is 0 Å². The Balaban J connectivity index is 1.82. The fraction of sp³-hybridized carbons (Fsp3) is 1.00. The SMILES string of the molecule is CCCCCCCCCC[Se][C@@H]1OC(CO)[C@@H](O[C@H]2OC(CO)[C@@H](O)[C@H](O)C2O)[C@H](O)C1O. The predicted molar refractivity (Wildman–Crippen MR) is 120 cm³/mol. The topological polar surface area (TPSA) is 169 Å². The summed E-state index contributed by atoms with van der Waals surface area (Å²) in [5.74, 6) is 0. The standard InChI is InChI=1S/C22H42O10Se/c1-2-3-4-5-6-7-8-9-10-33-22-19(29)17(27)20(14(12-24)31-22)32-21-18(28)16(26)15(25)13(11-23)30-21/h13-29H,2-12H2,1H3/t13?,14?,15-,16+,17-,18?,19?,20-,21-,22+/m1/s1. The van der Waals surface area contributed by atoms with Crippen LogP contribution in [0.25, 0.3) is 0 Å². The van der Waals surface area contributed by atoms with Crippen LogP contribution in [0.5, 0.6) is 0 Å². The van der Waals surface area contributed by atoms with E-state index in [2.05, 4.69) is 6.92 Å². The Bertz CT molecular complexity index is 525. The summed E-state index contributed by atoms with van der Waals surface area (Å²) in [5.41, 5.74) is 0. The molecule has 10 nitrogen and oxygen atoms in total. The molecule has 2 aliphatic rings. The third-order valence-corrected chi connectivity index (χ3v) is 8.85. The summed E-state index contributed by atoms with van der Waals surface area (Å²) in [5, 5.41) is 70.6. The van der Waals surface area contributed by atoms with Gasteiger partial charge in [0.05, 0.1) is 0 Å². The molecular formula is C22H42O10Se. The minimum absolute atomic E-state index is 0.107. The van der Waals surface area contributed by atoms with Crippen LogP contribution >= 0.6 is 0 Å². The van der Waals surface area contributed by atoms with Crippen LogP contribution in [0.1, 0.15) is 58.3 Å². The molecule has 0 spiro atoms. The van der Waals surface area contributed by atoms with Crippen molar-refractivity contribution < 1.29 is 50.0 Å². The van der Waals surface area contributed by atoms with Crippen LogP contribution in [-0.2, 0) is 14.2 Å². The van der Waals surface area contributed by atoms with Crippen LogP contribution in [0.3, 0.4) is 0 Å². The third kappa shape index (κ3) is 8.34. The molecule has 196 valence electrons. The minimum atomic E-state index is -1.66. The number of aliphatic hydroxyl groups excluding tert-OH is 7. The van der Waals surface area contributed by atoms with Crippen LogP contribution in [0.15, 0.2) is 0 Å². The van der Waals surface area contributed by atoms with Crippen molar-refractivity contribution in [1.82, 2.24) is 0 Å². The van der Waals surface area contributed by atoms with E-state index in [0.717, 1.165) is 18.2 Å². The van der Waals surface area contributed by atoms with Crippen LogP contribution < -0.4 is 0 Å². The molecule has 2 saturated heterocycles. The molecule has 2 aliphatic heterocycles. The summed E-state index contributed by atoms with van der Waals surface area (Å²) >= 11 is -0.107. The Morgan fingerprint density at radius 3 is 1.88 bits per heavy atom. The Morgan fingerprint density at radius 1 is 0.667 bits per heavy atom. The Morgan fingerprint density at radius 2 is 1.27 bits per heavy atom. The zero-order valence-electron chi connectivity index (χ0n) is 19.3. The molecule has 0 aromatic rings. The molecule has 0 bridgehead atoms. The van der Waals surface area contributed by atoms with Gasteiger partial charge in [0.25, 0.3) is 0 Å². The zero-order chi connectivity index (χ0) is 24.4. The number of unbranched alkanes of at least 4 members (excludes halogenated alkanes) is 7. The van der Waals surface area contributed by atoms with Gasteiger partial charge in [0, 0.05) is 0 Å². The molecule has 10 atom stereocenters. The average Bonchev–Trinajstić information content (AvgIpc) is 2.82. The third-order valence-electron chi connectivity index (χ3n) is 6.24. The van der Waals surface area contributed by atoms with E-state index in [0.29, 0.717) is 0 Å². The molecule has 33 heavy (non-hydrogen) atoms. The van der Waals surface area contributed by atoms with Gasteiger partial charge in [-0.25, -0.2) is 0 Å². The van der Waals surface area contributed by atoms with Gasteiger partial charge in [0.1, 0.15) is 0 Å². The van der Waals surface area contributed by atoms with E-state index >= 15 is 0 Å². The number of aliphatic hydroxyl groups is 7. The van der Waals surface area contributed by atoms with Gasteiger partial charge in [-0.3, -0.25) is 0 Å². The van der Waals surface area contributed by atoms with Crippen molar-refractivity contribution in [3.63, 3.8) is 0 Å². The maximum atomic E-state index is 10.7. The predicted octanol–water partition coefficient (Wildman–Crippen LogP) is -1.13. The normalized spacial score (nSPS) is 39.6. The van der Waals surface area contributed by atoms with Gasteiger partial charge in [-0.1, -0.05) is 0 Å². The molecule has 0 saturated carbocycles. The van der Waals surface area contributed by atoms with Gasteiger partial charge in [-0.15, -0.1) is 0 Å². The van der Waals surface area contributed by atoms with Crippen LogP contribution in [0.2, 0.25) is 5.32 Å². The summed E-state index contributed by atoms with van der Waals surface area (Å²) in [6, 6.07) is 0. The van der Waals surface area contributed by atoms with Gasteiger partial charge in [0.2, 0.25) is 0 Å². The molecular weight excluding hydrogens is 503 g/mol. The Labute approximate surface area is 202 Å². The van der Waals surface area contributed by atoms with E-state index in [1.807, 2.05) is 0 Å². The second-order valence-corrected chi connectivity index (χ2v) is 11.4. The van der Waals surface area contributed by atoms with E-state index < -0.39 is 73.3 Å². The van der Waals surface area contributed by atoms with Gasteiger partial charge >= 0.3 is 202 Å². The number of ether oxygens (including phenoxy) is 3. The molecule has 0 aromatic heterocycles. The number of hydrogen-bond donors (Lipinski definition) is 7. The summed E-state index contributed by atoms with van der Waals surface area (Å²) in [6.07, 6.45) is -2.72. The fourth-order valence-electron chi connectivity index (χ4n) is 4.13. The first-order valence-corrected chi connectivity index (χ1v) is 14.3. The van der Waals surface area contributed by atoms with Crippen molar-refractivity contribution in [1.29, 1.82) is 0 Å². The second kappa shape index (κ2) is 15.3. The molecule has 0 amide bonds. The second-order valence-electron chi connectivity index (χ2n) is 8.85. The fourth-order valence-corrected chi connectivity index (χ4v) is 6.61. The van der Waals surface area contributed by atoms with E-state index in [4.69, 9.17) is 14.2 Å². The van der Waals surface area contributed by atoms with Gasteiger partial charge in [-0.05, 0) is 0 Å². The van der Waals surface area contributed by atoms with Gasteiger partial charge in [-0.2, -0.15) is 0 Å². The molecule has 0 aromatic carbocycles. The zero-order valence-corrected chi connectivity index (χ0v) is 21.0. The molecule has 2 fully saturated rings. The van der Waals surface area contributed by atoms with E-state index in [9.17, 15) is 35.7 Å². The molecule has 0 radical (unpaired) electrons. The Kier molecular flexibility index (Phi) is 13.6. The first kappa shape index (κ1) is 29.4. The maximum absolute atomic E-state index is 10.7. The van der Waals surface area contributed by atoms with Gasteiger partial charge in [0.15, 0.2) is 0 Å². The molecule has 0 aliphatic carbocycles. The number of hydrogen-bond acceptors (Lipinski definition) is 10. The van der Waals surface area contributed by atoms with E-state index in [-0.39, 0.29) is 15.0 Å². The molecule has 4 unspecified atom stereocenters. The molecule has 2 heterocycles. The summed E-state index contributed by atoms with van der Waals surface area (Å²) in [6.45, 7) is 1.09. The van der Waals surface area contributed by atoms with E-state index in [1.54, 1.807) is 0 Å². The quantitative estimate of drug-likeness (QED) is 0.105. The first-order chi connectivity index (χ1) is 15.8. The molecule has 11 heteroatoms. The van der Waals surface area contributed by atoms with Crippen molar-refractivity contribution >= 4 is 15.0 Å². The van der Waals surface area contributed by atoms with E-state index in [1.165, 1.54) is 38.5 Å². The molecule has 2 rings (SSSR count). The summed E-state index contributed by atoms with van der Waals surface area (Å²) in [7, 11) is 0. The molecule has 7 N–H and O–H groups in total.